The molecule has 0 radical (unpaired) electrons. The summed E-state index contributed by atoms with van der Waals surface area (Å²) in [6, 6.07) is 9.94. The van der Waals surface area contributed by atoms with E-state index in [1.807, 2.05) is 22.8 Å². The van der Waals surface area contributed by atoms with Crippen LogP contribution < -0.4 is 5.73 Å². The molecule has 114 valence electrons. The molecule has 1 aromatic carbocycles. The van der Waals surface area contributed by atoms with Crippen molar-refractivity contribution in [2.24, 2.45) is 0 Å². The first-order chi connectivity index (χ1) is 10.7. The number of aliphatic hydroxyl groups is 1. The van der Waals surface area contributed by atoms with Crippen molar-refractivity contribution in [3.63, 3.8) is 0 Å². The summed E-state index contributed by atoms with van der Waals surface area (Å²) in [4.78, 5) is 13.6. The molecule has 0 bridgehead atoms. The topological polar surface area (TPSA) is 89.8 Å². The van der Waals surface area contributed by atoms with Crippen LogP contribution in [0.3, 0.4) is 0 Å². The lowest BCUT2D eigenvalue weighted by molar-refractivity contribution is 0.143. The van der Waals surface area contributed by atoms with Gasteiger partial charge >= 0.3 is 0 Å². The number of nitrogens with two attached hydrogens (primary N) is 1. The lowest BCUT2D eigenvalue weighted by atomic mass is 10.2. The molecular formula is C15H17N5OS. The average Bonchev–Trinajstić information content (AvgIpc) is 2.94. The van der Waals surface area contributed by atoms with Gasteiger partial charge in [0.25, 0.3) is 0 Å². The fourth-order valence-electron chi connectivity index (χ4n) is 2.26. The van der Waals surface area contributed by atoms with Crippen molar-refractivity contribution < 1.29 is 5.11 Å². The summed E-state index contributed by atoms with van der Waals surface area (Å²) in [5, 5.41) is 10.2. The van der Waals surface area contributed by atoms with Crippen LogP contribution in [0.4, 0.5) is 5.82 Å². The number of rotatable bonds is 5. The van der Waals surface area contributed by atoms with Crippen LogP contribution in [-0.4, -0.2) is 36.5 Å². The highest BCUT2D eigenvalue weighted by Crippen LogP contribution is 2.27. The Kier molecular flexibility index (Phi) is 4.26. The van der Waals surface area contributed by atoms with Crippen molar-refractivity contribution in [1.82, 2.24) is 19.5 Å². The van der Waals surface area contributed by atoms with Crippen LogP contribution in [-0.2, 0) is 0 Å². The Bertz CT molecular complexity index is 759. The van der Waals surface area contributed by atoms with Crippen LogP contribution in [0.1, 0.15) is 13.0 Å². The zero-order valence-electron chi connectivity index (χ0n) is 12.1. The van der Waals surface area contributed by atoms with E-state index in [9.17, 15) is 5.11 Å². The van der Waals surface area contributed by atoms with Gasteiger partial charge in [-0.25, -0.2) is 15.0 Å². The van der Waals surface area contributed by atoms with Gasteiger partial charge in [-0.3, -0.25) is 0 Å². The average molecular weight is 315 g/mol. The van der Waals surface area contributed by atoms with E-state index >= 15 is 0 Å². The minimum atomic E-state index is -0.537. The molecule has 0 amide bonds. The zero-order chi connectivity index (χ0) is 15.5. The van der Waals surface area contributed by atoms with Crippen LogP contribution in [0.2, 0.25) is 0 Å². The van der Waals surface area contributed by atoms with Crippen molar-refractivity contribution in [3.05, 3.63) is 43.0 Å². The smallest absolute Gasteiger partial charge is 0.165 e. The van der Waals surface area contributed by atoms with Gasteiger partial charge in [-0.15, -0.1) is 11.8 Å². The monoisotopic (exact) mass is 315 g/mol. The third-order valence-electron chi connectivity index (χ3n) is 3.47. The second kappa shape index (κ2) is 6.33. The Morgan fingerprint density at radius 2 is 2.00 bits per heavy atom. The number of imidazole rings is 1. The number of hydrogen-bond donors (Lipinski definition) is 2. The Morgan fingerprint density at radius 1 is 1.23 bits per heavy atom. The minimum absolute atomic E-state index is 0.149. The van der Waals surface area contributed by atoms with Crippen LogP contribution in [0.25, 0.3) is 11.2 Å². The molecule has 7 heteroatoms. The van der Waals surface area contributed by atoms with Crippen molar-refractivity contribution >= 4 is 28.7 Å². The SMILES string of the molecule is C[C@H](O)[C@@H](CSc1ccccc1)n1cnc2c(N)ncnc21. The highest BCUT2D eigenvalue weighted by molar-refractivity contribution is 7.99. The molecule has 0 saturated heterocycles. The molecule has 3 aromatic rings. The standard InChI is InChI=1S/C15H17N5OS/c1-10(21)12(7-22-11-5-3-2-4-6-11)20-9-19-13-14(16)17-8-18-15(13)20/h2-6,8-10,12,21H,7H2,1H3,(H2,16,17,18)/t10-,12+/m0/s1. The maximum Gasteiger partial charge on any atom is 0.165 e. The summed E-state index contributed by atoms with van der Waals surface area (Å²) in [7, 11) is 0. The maximum absolute atomic E-state index is 10.2. The van der Waals surface area contributed by atoms with Gasteiger partial charge in [-0.05, 0) is 19.1 Å². The summed E-state index contributed by atoms with van der Waals surface area (Å²) >= 11 is 1.68. The van der Waals surface area contributed by atoms with Gasteiger partial charge in [0.05, 0.1) is 18.5 Å². The fraction of sp³-hybridized carbons (Fsp3) is 0.267. The van der Waals surface area contributed by atoms with Crippen molar-refractivity contribution in [2.45, 2.75) is 24.0 Å². The molecule has 0 aliphatic rings. The van der Waals surface area contributed by atoms with Gasteiger partial charge in [-0.2, -0.15) is 0 Å². The Morgan fingerprint density at radius 3 is 2.73 bits per heavy atom. The fourth-order valence-corrected chi connectivity index (χ4v) is 3.41. The largest absolute Gasteiger partial charge is 0.391 e. The number of nitrogens with zero attached hydrogens (tertiary/aromatic N) is 4. The molecule has 2 aromatic heterocycles. The molecule has 0 fully saturated rings. The third kappa shape index (κ3) is 2.90. The first-order valence-corrected chi connectivity index (χ1v) is 7.94. The van der Waals surface area contributed by atoms with E-state index < -0.39 is 6.10 Å². The van der Waals surface area contributed by atoms with E-state index in [4.69, 9.17) is 5.73 Å². The predicted octanol–water partition coefficient (Wildman–Crippen LogP) is 2.12. The summed E-state index contributed by atoms with van der Waals surface area (Å²) in [6.45, 7) is 1.77. The first kappa shape index (κ1) is 14.8. The number of aliphatic hydroxyl groups excluding tert-OH is 1. The van der Waals surface area contributed by atoms with E-state index in [2.05, 4.69) is 27.1 Å². The van der Waals surface area contributed by atoms with Crippen molar-refractivity contribution in [3.8, 4) is 0 Å². The van der Waals surface area contributed by atoms with Crippen molar-refractivity contribution in [2.75, 3.05) is 11.5 Å². The number of benzene rings is 1. The van der Waals surface area contributed by atoms with E-state index in [1.165, 1.54) is 6.33 Å². The second-order valence-electron chi connectivity index (χ2n) is 5.01. The summed E-state index contributed by atoms with van der Waals surface area (Å²) in [5.41, 5.74) is 7.03. The van der Waals surface area contributed by atoms with Gasteiger partial charge in [0, 0.05) is 10.6 Å². The van der Waals surface area contributed by atoms with Gasteiger partial charge < -0.3 is 15.4 Å². The predicted molar refractivity (Wildman–Crippen MR) is 87.6 cm³/mol. The quantitative estimate of drug-likeness (QED) is 0.701. The maximum atomic E-state index is 10.2. The van der Waals surface area contributed by atoms with Gasteiger partial charge in [0.1, 0.15) is 11.8 Å². The van der Waals surface area contributed by atoms with E-state index in [0.717, 1.165) is 4.90 Å². The molecule has 3 N–H and O–H groups in total. The molecule has 0 aliphatic carbocycles. The lowest BCUT2D eigenvalue weighted by Crippen LogP contribution is -2.23. The van der Waals surface area contributed by atoms with Crippen molar-refractivity contribution in [1.29, 1.82) is 0 Å². The Balaban J connectivity index is 1.88. The molecule has 2 atom stereocenters. The summed E-state index contributed by atoms with van der Waals surface area (Å²) in [5.74, 6) is 1.06. The highest BCUT2D eigenvalue weighted by Gasteiger charge is 2.21. The molecule has 6 nitrogen and oxygen atoms in total. The Labute approximate surface area is 132 Å². The molecule has 0 aliphatic heterocycles. The zero-order valence-corrected chi connectivity index (χ0v) is 12.9. The highest BCUT2D eigenvalue weighted by atomic mass is 32.2. The second-order valence-corrected chi connectivity index (χ2v) is 6.11. The van der Waals surface area contributed by atoms with Crippen LogP contribution in [0.15, 0.2) is 47.9 Å². The molecule has 22 heavy (non-hydrogen) atoms. The number of aromatic nitrogens is 4. The number of hydrogen-bond acceptors (Lipinski definition) is 6. The molecule has 0 unspecified atom stereocenters. The summed E-state index contributed by atoms with van der Waals surface area (Å²) < 4.78 is 1.87. The third-order valence-corrected chi connectivity index (χ3v) is 4.58. The normalized spacial score (nSPS) is 14.1. The molecule has 0 saturated carbocycles. The van der Waals surface area contributed by atoms with Gasteiger partial charge in [-0.1, -0.05) is 18.2 Å². The van der Waals surface area contributed by atoms with Crippen LogP contribution in [0, 0.1) is 0 Å². The molecular weight excluding hydrogens is 298 g/mol. The number of nitrogen functional groups attached to an aromatic ring is 1. The minimum Gasteiger partial charge on any atom is -0.391 e. The van der Waals surface area contributed by atoms with Gasteiger partial charge in [0.15, 0.2) is 11.5 Å². The van der Waals surface area contributed by atoms with E-state index in [0.29, 0.717) is 22.7 Å². The number of fused-ring (bicyclic) bond motifs is 1. The van der Waals surface area contributed by atoms with Crippen LogP contribution >= 0.6 is 11.8 Å². The van der Waals surface area contributed by atoms with Gasteiger partial charge in [0.2, 0.25) is 0 Å². The summed E-state index contributed by atoms with van der Waals surface area (Å²) in [6.07, 6.45) is 2.54. The molecule has 0 spiro atoms. The number of anilines is 1. The van der Waals surface area contributed by atoms with Crippen LogP contribution in [0.5, 0.6) is 0 Å². The molecule has 3 rings (SSSR count). The first-order valence-electron chi connectivity index (χ1n) is 6.95. The number of thioether (sulfide) groups is 1. The lowest BCUT2D eigenvalue weighted by Gasteiger charge is -2.21. The van der Waals surface area contributed by atoms with E-state index in [-0.39, 0.29) is 6.04 Å². The Hall–Kier alpha value is -2.12. The molecule has 2 heterocycles. The van der Waals surface area contributed by atoms with E-state index in [1.54, 1.807) is 25.0 Å².